The first kappa shape index (κ1) is 15.9. The fourth-order valence-corrected chi connectivity index (χ4v) is 1.57. The molecule has 0 heterocycles. The standard InChI is InChI=1S/C13H24N2O2/c1-4-9-17-10-7-8-15-12(16)13(5-2,6-3)11-14/h4-10H2,1-3H3,(H,15,16). The molecule has 0 saturated heterocycles. The maximum atomic E-state index is 11.9. The van der Waals surface area contributed by atoms with Crippen molar-refractivity contribution in [1.29, 1.82) is 5.26 Å². The van der Waals surface area contributed by atoms with Crippen molar-refractivity contribution in [2.24, 2.45) is 5.41 Å². The van der Waals surface area contributed by atoms with Crippen molar-refractivity contribution in [2.45, 2.75) is 46.5 Å². The van der Waals surface area contributed by atoms with Crippen molar-refractivity contribution in [3.05, 3.63) is 0 Å². The zero-order valence-electron chi connectivity index (χ0n) is 11.2. The van der Waals surface area contributed by atoms with Crippen LogP contribution in [0.15, 0.2) is 0 Å². The second-order valence-corrected chi connectivity index (χ2v) is 4.12. The van der Waals surface area contributed by atoms with Gasteiger partial charge in [0, 0.05) is 19.8 Å². The van der Waals surface area contributed by atoms with Gasteiger partial charge in [0.15, 0.2) is 0 Å². The van der Waals surface area contributed by atoms with E-state index in [0.29, 0.717) is 26.0 Å². The van der Waals surface area contributed by atoms with E-state index in [0.717, 1.165) is 19.4 Å². The average molecular weight is 240 g/mol. The maximum absolute atomic E-state index is 11.9. The summed E-state index contributed by atoms with van der Waals surface area (Å²) < 4.78 is 5.31. The largest absolute Gasteiger partial charge is 0.381 e. The molecule has 4 nitrogen and oxygen atoms in total. The topological polar surface area (TPSA) is 62.1 Å². The van der Waals surface area contributed by atoms with Crippen molar-refractivity contribution in [3.8, 4) is 6.07 Å². The summed E-state index contributed by atoms with van der Waals surface area (Å²) >= 11 is 0. The van der Waals surface area contributed by atoms with Crippen molar-refractivity contribution in [2.75, 3.05) is 19.8 Å². The van der Waals surface area contributed by atoms with Gasteiger partial charge in [0.25, 0.3) is 0 Å². The van der Waals surface area contributed by atoms with Crippen LogP contribution < -0.4 is 5.32 Å². The minimum Gasteiger partial charge on any atom is -0.381 e. The van der Waals surface area contributed by atoms with E-state index in [9.17, 15) is 4.79 Å². The molecule has 0 spiro atoms. The molecule has 0 unspecified atom stereocenters. The second kappa shape index (κ2) is 9.00. The number of nitrogens with zero attached hydrogens (tertiary/aromatic N) is 1. The molecule has 0 aromatic carbocycles. The van der Waals surface area contributed by atoms with Gasteiger partial charge in [0.1, 0.15) is 5.41 Å². The van der Waals surface area contributed by atoms with Gasteiger partial charge in [-0.25, -0.2) is 0 Å². The molecule has 0 aliphatic carbocycles. The molecule has 98 valence electrons. The van der Waals surface area contributed by atoms with Gasteiger partial charge < -0.3 is 10.1 Å². The molecule has 0 aromatic heterocycles. The fourth-order valence-electron chi connectivity index (χ4n) is 1.57. The Hall–Kier alpha value is -1.08. The zero-order valence-corrected chi connectivity index (χ0v) is 11.2. The molecule has 17 heavy (non-hydrogen) atoms. The van der Waals surface area contributed by atoms with E-state index in [2.05, 4.69) is 18.3 Å². The van der Waals surface area contributed by atoms with E-state index >= 15 is 0 Å². The fraction of sp³-hybridized carbons (Fsp3) is 0.846. The third-order valence-electron chi connectivity index (χ3n) is 2.96. The molecule has 0 atom stereocenters. The number of nitrogens with one attached hydrogen (secondary N) is 1. The smallest absolute Gasteiger partial charge is 0.240 e. The quantitative estimate of drug-likeness (QED) is 0.629. The van der Waals surface area contributed by atoms with Crippen LogP contribution in [0.1, 0.15) is 46.5 Å². The van der Waals surface area contributed by atoms with Crippen LogP contribution >= 0.6 is 0 Å². The van der Waals surface area contributed by atoms with Crippen LogP contribution in [0.5, 0.6) is 0 Å². The van der Waals surface area contributed by atoms with E-state index in [4.69, 9.17) is 10.00 Å². The number of nitriles is 1. The van der Waals surface area contributed by atoms with Crippen LogP contribution in [-0.2, 0) is 9.53 Å². The van der Waals surface area contributed by atoms with Gasteiger partial charge in [-0.15, -0.1) is 0 Å². The third-order valence-corrected chi connectivity index (χ3v) is 2.96. The van der Waals surface area contributed by atoms with Crippen LogP contribution in [0.25, 0.3) is 0 Å². The summed E-state index contributed by atoms with van der Waals surface area (Å²) in [4.78, 5) is 11.9. The van der Waals surface area contributed by atoms with Crippen LogP contribution in [-0.4, -0.2) is 25.7 Å². The molecule has 0 bridgehead atoms. The first-order chi connectivity index (χ1) is 8.16. The van der Waals surface area contributed by atoms with Gasteiger partial charge in [0.2, 0.25) is 5.91 Å². The molecule has 0 aliphatic rings. The van der Waals surface area contributed by atoms with E-state index in [1.165, 1.54) is 0 Å². The highest BCUT2D eigenvalue weighted by Crippen LogP contribution is 2.25. The Morgan fingerprint density at radius 3 is 2.41 bits per heavy atom. The average Bonchev–Trinajstić information content (AvgIpc) is 2.36. The van der Waals surface area contributed by atoms with Crippen LogP contribution in [0.2, 0.25) is 0 Å². The first-order valence-corrected chi connectivity index (χ1v) is 6.44. The van der Waals surface area contributed by atoms with Crippen molar-refractivity contribution in [3.63, 3.8) is 0 Å². The Balaban J connectivity index is 3.89. The molecule has 0 aliphatic heterocycles. The van der Waals surface area contributed by atoms with E-state index in [-0.39, 0.29) is 5.91 Å². The molecular formula is C13H24N2O2. The summed E-state index contributed by atoms with van der Waals surface area (Å²) in [5.74, 6) is -0.152. The summed E-state index contributed by atoms with van der Waals surface area (Å²) in [7, 11) is 0. The highest BCUT2D eigenvalue weighted by Gasteiger charge is 2.34. The second-order valence-electron chi connectivity index (χ2n) is 4.12. The van der Waals surface area contributed by atoms with Crippen LogP contribution in [0, 0.1) is 16.7 Å². The molecular weight excluding hydrogens is 216 g/mol. The molecule has 0 fully saturated rings. The monoisotopic (exact) mass is 240 g/mol. The molecule has 1 N–H and O–H groups in total. The van der Waals surface area contributed by atoms with Gasteiger partial charge >= 0.3 is 0 Å². The summed E-state index contributed by atoms with van der Waals surface area (Å²) in [5, 5.41) is 11.9. The number of carbonyl (C=O) groups is 1. The highest BCUT2D eigenvalue weighted by molar-refractivity contribution is 5.85. The van der Waals surface area contributed by atoms with Gasteiger partial charge in [-0.1, -0.05) is 20.8 Å². The lowest BCUT2D eigenvalue weighted by atomic mass is 9.83. The Morgan fingerprint density at radius 1 is 1.29 bits per heavy atom. The Kier molecular flexibility index (Phi) is 8.43. The van der Waals surface area contributed by atoms with Crippen molar-refractivity contribution >= 4 is 5.91 Å². The zero-order chi connectivity index (χ0) is 13.1. The number of carbonyl (C=O) groups excluding carboxylic acids is 1. The van der Waals surface area contributed by atoms with E-state index < -0.39 is 5.41 Å². The SMILES string of the molecule is CCCOCCCNC(=O)C(C#N)(CC)CC. The summed E-state index contributed by atoms with van der Waals surface area (Å²) in [6.07, 6.45) is 2.91. The number of ether oxygens (including phenoxy) is 1. The number of hydrogen-bond donors (Lipinski definition) is 1. The Morgan fingerprint density at radius 2 is 1.94 bits per heavy atom. The minimum absolute atomic E-state index is 0.152. The predicted octanol–water partition coefficient (Wildman–Crippen LogP) is 2.25. The predicted molar refractivity (Wildman–Crippen MR) is 67.4 cm³/mol. The normalized spacial score (nSPS) is 10.9. The van der Waals surface area contributed by atoms with E-state index in [1.807, 2.05) is 13.8 Å². The molecule has 0 aromatic rings. The lowest BCUT2D eigenvalue weighted by molar-refractivity contribution is -0.128. The summed E-state index contributed by atoms with van der Waals surface area (Å²) in [5.41, 5.74) is -0.857. The molecule has 0 saturated carbocycles. The number of amides is 1. The Bertz CT molecular complexity index is 255. The highest BCUT2D eigenvalue weighted by atomic mass is 16.5. The Labute approximate surface area is 104 Å². The van der Waals surface area contributed by atoms with Gasteiger partial charge in [0.05, 0.1) is 6.07 Å². The number of rotatable bonds is 9. The van der Waals surface area contributed by atoms with Crippen LogP contribution in [0.3, 0.4) is 0 Å². The molecule has 0 rings (SSSR count). The first-order valence-electron chi connectivity index (χ1n) is 6.44. The van der Waals surface area contributed by atoms with Crippen molar-refractivity contribution < 1.29 is 9.53 Å². The lowest BCUT2D eigenvalue weighted by Crippen LogP contribution is -2.40. The van der Waals surface area contributed by atoms with E-state index in [1.54, 1.807) is 0 Å². The molecule has 0 radical (unpaired) electrons. The van der Waals surface area contributed by atoms with Crippen molar-refractivity contribution in [1.82, 2.24) is 5.32 Å². The minimum atomic E-state index is -0.857. The third kappa shape index (κ3) is 5.18. The van der Waals surface area contributed by atoms with Crippen LogP contribution in [0.4, 0.5) is 0 Å². The molecule has 4 heteroatoms. The lowest BCUT2D eigenvalue weighted by Gasteiger charge is -2.22. The van der Waals surface area contributed by atoms with Gasteiger partial charge in [-0.05, 0) is 25.7 Å². The number of hydrogen-bond acceptors (Lipinski definition) is 3. The van der Waals surface area contributed by atoms with Gasteiger partial charge in [-0.3, -0.25) is 4.79 Å². The molecule has 1 amide bonds. The van der Waals surface area contributed by atoms with Gasteiger partial charge in [-0.2, -0.15) is 5.26 Å². The summed E-state index contributed by atoms with van der Waals surface area (Å²) in [6, 6.07) is 2.13. The summed E-state index contributed by atoms with van der Waals surface area (Å²) in [6.45, 7) is 7.80. The maximum Gasteiger partial charge on any atom is 0.240 e.